The molecule has 2 unspecified atom stereocenters. The van der Waals surface area contributed by atoms with Crippen LogP contribution in [0.4, 0.5) is 4.79 Å². The molecule has 1 N–H and O–H groups in total. The van der Waals surface area contributed by atoms with E-state index in [9.17, 15) is 18.3 Å². The lowest BCUT2D eigenvalue weighted by molar-refractivity contribution is -0.0227. The molecule has 0 spiro atoms. The molecule has 1 aromatic rings. The fourth-order valence-electron chi connectivity index (χ4n) is 2.98. The largest absolute Gasteiger partial charge is 0.465 e. The lowest BCUT2D eigenvalue weighted by Gasteiger charge is -2.35. The molecule has 0 aliphatic carbocycles. The van der Waals surface area contributed by atoms with Crippen molar-refractivity contribution in [3.05, 3.63) is 34.9 Å². The van der Waals surface area contributed by atoms with Crippen molar-refractivity contribution in [2.75, 3.05) is 32.6 Å². The molecule has 1 aliphatic heterocycles. The van der Waals surface area contributed by atoms with Crippen molar-refractivity contribution in [3.8, 4) is 0 Å². The monoisotopic (exact) mass is 391 g/mol. The molecule has 1 aromatic carbocycles. The van der Waals surface area contributed by atoms with Gasteiger partial charge >= 0.3 is 6.09 Å². The van der Waals surface area contributed by atoms with Crippen LogP contribution in [0.5, 0.6) is 0 Å². The average Bonchev–Trinajstić information content (AvgIpc) is 2.54. The molecule has 0 bridgehead atoms. The topological polar surface area (TPSA) is 93.1 Å². The van der Waals surface area contributed by atoms with Gasteiger partial charge in [0.25, 0.3) is 10.1 Å². The van der Waals surface area contributed by atoms with Crippen LogP contribution in [0.1, 0.15) is 24.5 Å². The quantitative estimate of drug-likeness (QED) is 0.567. The Hall–Kier alpha value is -1.35. The number of benzene rings is 1. The smallest absolute Gasteiger partial charge is 0.407 e. The Balaban J connectivity index is 2.10. The summed E-state index contributed by atoms with van der Waals surface area (Å²) in [5.41, 5.74) is 0.837. The van der Waals surface area contributed by atoms with E-state index in [4.69, 9.17) is 20.5 Å². The van der Waals surface area contributed by atoms with E-state index in [0.29, 0.717) is 18.1 Å². The minimum atomic E-state index is -3.53. The number of rotatable bonds is 7. The third-order valence-corrected chi connectivity index (χ3v) is 4.84. The standard InChI is InChI=1S/C16H22ClNO6S/c1-25(21,22)24-9-8-23-15(12-4-2-6-14(17)10-12)13-5-3-7-18(11-13)16(19)20/h2,4,6,10,13,15H,3,5,7-9,11H2,1H3,(H,19,20). The minimum absolute atomic E-state index is 0.0402. The summed E-state index contributed by atoms with van der Waals surface area (Å²) in [6.45, 7) is 0.851. The van der Waals surface area contributed by atoms with Gasteiger partial charge in [-0.2, -0.15) is 8.42 Å². The predicted molar refractivity (Wildman–Crippen MR) is 93.3 cm³/mol. The summed E-state index contributed by atoms with van der Waals surface area (Å²) in [5, 5.41) is 9.79. The maximum atomic E-state index is 11.3. The van der Waals surface area contributed by atoms with Gasteiger partial charge in [-0.25, -0.2) is 4.79 Å². The fraction of sp³-hybridized carbons (Fsp3) is 0.562. The second-order valence-electron chi connectivity index (χ2n) is 6.00. The first-order valence-electron chi connectivity index (χ1n) is 7.95. The van der Waals surface area contributed by atoms with Crippen molar-refractivity contribution in [1.82, 2.24) is 4.90 Å². The van der Waals surface area contributed by atoms with Crippen LogP contribution in [0.25, 0.3) is 0 Å². The number of carbonyl (C=O) groups is 1. The van der Waals surface area contributed by atoms with Crippen LogP contribution in [0.15, 0.2) is 24.3 Å². The van der Waals surface area contributed by atoms with Crippen LogP contribution in [0, 0.1) is 5.92 Å². The molecule has 140 valence electrons. The van der Waals surface area contributed by atoms with E-state index in [1.54, 1.807) is 18.2 Å². The number of nitrogens with zero attached hydrogens (tertiary/aromatic N) is 1. The van der Waals surface area contributed by atoms with Gasteiger partial charge in [0, 0.05) is 24.0 Å². The van der Waals surface area contributed by atoms with E-state index < -0.39 is 16.2 Å². The van der Waals surface area contributed by atoms with E-state index in [1.807, 2.05) is 6.07 Å². The van der Waals surface area contributed by atoms with Gasteiger partial charge in [-0.1, -0.05) is 23.7 Å². The van der Waals surface area contributed by atoms with Crippen molar-refractivity contribution >= 4 is 27.8 Å². The van der Waals surface area contributed by atoms with Crippen LogP contribution in [-0.4, -0.2) is 57.1 Å². The van der Waals surface area contributed by atoms with E-state index >= 15 is 0 Å². The third-order valence-electron chi connectivity index (χ3n) is 4.01. The molecule has 0 radical (unpaired) electrons. The minimum Gasteiger partial charge on any atom is -0.465 e. The van der Waals surface area contributed by atoms with Gasteiger partial charge in [-0.15, -0.1) is 0 Å². The molecule has 0 saturated carbocycles. The first-order chi connectivity index (χ1) is 11.8. The Morgan fingerprint density at radius 2 is 2.20 bits per heavy atom. The van der Waals surface area contributed by atoms with E-state index in [0.717, 1.165) is 24.7 Å². The zero-order chi connectivity index (χ0) is 18.4. The molecule has 9 heteroatoms. The number of carboxylic acid groups (broad SMARTS) is 1. The highest BCUT2D eigenvalue weighted by Gasteiger charge is 2.31. The zero-order valence-corrected chi connectivity index (χ0v) is 15.5. The molecule has 2 rings (SSSR count). The Labute approximate surface area is 152 Å². The van der Waals surface area contributed by atoms with Crippen LogP contribution < -0.4 is 0 Å². The van der Waals surface area contributed by atoms with Crippen LogP contribution in [0.2, 0.25) is 5.02 Å². The molecular formula is C16H22ClNO6S. The van der Waals surface area contributed by atoms with Gasteiger partial charge in [-0.3, -0.25) is 4.18 Å². The van der Waals surface area contributed by atoms with E-state index in [2.05, 4.69) is 0 Å². The Morgan fingerprint density at radius 3 is 2.84 bits per heavy atom. The number of hydrogen-bond acceptors (Lipinski definition) is 5. The molecular weight excluding hydrogens is 370 g/mol. The summed E-state index contributed by atoms with van der Waals surface area (Å²) < 4.78 is 32.7. The third kappa shape index (κ3) is 6.47. The van der Waals surface area contributed by atoms with Crippen LogP contribution in [-0.2, 0) is 19.0 Å². The lowest BCUT2D eigenvalue weighted by atomic mass is 9.88. The highest BCUT2D eigenvalue weighted by molar-refractivity contribution is 7.85. The zero-order valence-electron chi connectivity index (χ0n) is 13.9. The normalized spacial score (nSPS) is 19.6. The summed E-state index contributed by atoms with van der Waals surface area (Å²) in [4.78, 5) is 12.6. The SMILES string of the molecule is CS(=O)(=O)OCCOC(c1cccc(Cl)c1)C1CCCN(C(=O)O)C1. The maximum Gasteiger partial charge on any atom is 0.407 e. The first kappa shape index (κ1) is 20.0. The summed E-state index contributed by atoms with van der Waals surface area (Å²) in [6, 6.07) is 7.20. The molecule has 7 nitrogen and oxygen atoms in total. The summed E-state index contributed by atoms with van der Waals surface area (Å²) in [6.07, 6.45) is 1.21. The average molecular weight is 392 g/mol. The molecule has 0 aromatic heterocycles. The molecule has 1 saturated heterocycles. The highest BCUT2D eigenvalue weighted by Crippen LogP contribution is 2.34. The molecule has 1 amide bonds. The van der Waals surface area contributed by atoms with Crippen molar-refractivity contribution in [2.45, 2.75) is 18.9 Å². The number of amides is 1. The van der Waals surface area contributed by atoms with Gasteiger partial charge < -0.3 is 14.7 Å². The van der Waals surface area contributed by atoms with Crippen molar-refractivity contribution < 1.29 is 27.2 Å². The van der Waals surface area contributed by atoms with Gasteiger partial charge in [0.2, 0.25) is 0 Å². The summed E-state index contributed by atoms with van der Waals surface area (Å²) in [5.74, 6) is -0.0402. The van der Waals surface area contributed by atoms with E-state index in [-0.39, 0.29) is 25.2 Å². The molecule has 25 heavy (non-hydrogen) atoms. The van der Waals surface area contributed by atoms with Gasteiger partial charge in [0.1, 0.15) is 0 Å². The van der Waals surface area contributed by atoms with Gasteiger partial charge in [0.15, 0.2) is 0 Å². The maximum absolute atomic E-state index is 11.3. The van der Waals surface area contributed by atoms with Crippen LogP contribution in [0.3, 0.4) is 0 Å². The lowest BCUT2D eigenvalue weighted by Crippen LogP contribution is -2.41. The molecule has 2 atom stereocenters. The van der Waals surface area contributed by atoms with Crippen molar-refractivity contribution in [3.63, 3.8) is 0 Å². The Kier molecular flexibility index (Phi) is 7.06. The number of piperidine rings is 1. The highest BCUT2D eigenvalue weighted by atomic mass is 35.5. The van der Waals surface area contributed by atoms with Crippen LogP contribution >= 0.6 is 11.6 Å². The number of ether oxygens (including phenoxy) is 1. The predicted octanol–water partition coefficient (Wildman–Crippen LogP) is 2.76. The number of halogens is 1. The molecule has 1 heterocycles. The first-order valence-corrected chi connectivity index (χ1v) is 10.1. The second kappa shape index (κ2) is 8.84. The fourth-order valence-corrected chi connectivity index (χ4v) is 3.55. The Bertz CT molecular complexity index is 696. The molecule has 1 fully saturated rings. The molecule has 1 aliphatic rings. The summed E-state index contributed by atoms with van der Waals surface area (Å²) >= 11 is 6.06. The Morgan fingerprint density at radius 1 is 1.44 bits per heavy atom. The number of hydrogen-bond donors (Lipinski definition) is 1. The number of likely N-dealkylation sites (tertiary alicyclic amines) is 1. The summed E-state index contributed by atoms with van der Waals surface area (Å²) in [7, 11) is -3.53. The van der Waals surface area contributed by atoms with Gasteiger partial charge in [-0.05, 0) is 30.5 Å². The van der Waals surface area contributed by atoms with E-state index in [1.165, 1.54) is 4.90 Å². The van der Waals surface area contributed by atoms with Gasteiger partial charge in [0.05, 0.1) is 25.6 Å². The second-order valence-corrected chi connectivity index (χ2v) is 8.08. The van der Waals surface area contributed by atoms with Crippen molar-refractivity contribution in [2.24, 2.45) is 5.92 Å². The van der Waals surface area contributed by atoms with Crippen molar-refractivity contribution in [1.29, 1.82) is 0 Å².